The first-order valence-corrected chi connectivity index (χ1v) is 8.36. The smallest absolute Gasteiger partial charge is 0.193 e. The number of hydrogen-bond donors (Lipinski definition) is 3. The second kappa shape index (κ2) is 7.66. The van der Waals surface area contributed by atoms with Gasteiger partial charge in [-0.15, -0.1) is 0 Å². The fourth-order valence-corrected chi connectivity index (χ4v) is 2.53. The van der Waals surface area contributed by atoms with Gasteiger partial charge in [-0.2, -0.15) is 0 Å². The molecule has 0 aliphatic carbocycles. The third-order valence-electron chi connectivity index (χ3n) is 4.08. The second-order valence-corrected chi connectivity index (χ2v) is 6.01. The van der Waals surface area contributed by atoms with E-state index in [1.807, 2.05) is 30.3 Å². The molecule has 0 aliphatic heterocycles. The van der Waals surface area contributed by atoms with Crippen LogP contribution in [0.15, 0.2) is 59.6 Å². The van der Waals surface area contributed by atoms with Gasteiger partial charge in [-0.05, 0) is 55.3 Å². The van der Waals surface area contributed by atoms with Crippen LogP contribution in [-0.4, -0.2) is 24.0 Å². The normalized spacial score (nSPS) is 11.5. The van der Waals surface area contributed by atoms with Crippen LogP contribution in [0.1, 0.15) is 11.1 Å². The molecule has 0 bridgehead atoms. The summed E-state index contributed by atoms with van der Waals surface area (Å²) in [5.41, 5.74) is 10.4. The monoisotopic (exact) mass is 333 g/mol. The Morgan fingerprint density at radius 3 is 2.72 bits per heavy atom. The van der Waals surface area contributed by atoms with E-state index in [2.05, 4.69) is 58.7 Å². The molecule has 0 aliphatic rings. The first kappa shape index (κ1) is 16.8. The Bertz CT molecular complexity index is 901. The summed E-state index contributed by atoms with van der Waals surface area (Å²) in [6, 6.07) is 18.2. The van der Waals surface area contributed by atoms with E-state index in [0.29, 0.717) is 19.0 Å². The molecule has 0 amide bonds. The Morgan fingerprint density at radius 2 is 1.88 bits per heavy atom. The predicted octanol–water partition coefficient (Wildman–Crippen LogP) is 3.69. The Hall–Kier alpha value is -3.08. The van der Waals surface area contributed by atoms with Crippen LogP contribution in [-0.2, 0) is 0 Å². The maximum absolute atomic E-state index is 5.94. The molecule has 128 valence electrons. The maximum Gasteiger partial charge on any atom is 0.193 e. The number of rotatable bonds is 5. The van der Waals surface area contributed by atoms with Gasteiger partial charge in [0.2, 0.25) is 0 Å². The van der Waals surface area contributed by atoms with Crippen molar-refractivity contribution in [3.63, 3.8) is 0 Å². The number of aryl methyl sites for hydroxylation is 2. The Labute approximate surface area is 148 Å². The number of aromatic nitrogens is 1. The lowest BCUT2D eigenvalue weighted by atomic mass is 10.1. The molecule has 0 spiro atoms. The summed E-state index contributed by atoms with van der Waals surface area (Å²) in [5.74, 6) is 1.26. The Kier molecular flexibility index (Phi) is 5.14. The molecule has 0 radical (unpaired) electrons. The first-order chi connectivity index (χ1) is 12.1. The SMILES string of the molecule is Cc1ccc(NC(N)=NCCNc2ccc3ccccc3n2)cc1C. The summed E-state index contributed by atoms with van der Waals surface area (Å²) in [4.78, 5) is 8.91. The molecule has 0 fully saturated rings. The van der Waals surface area contributed by atoms with Crippen LogP contribution < -0.4 is 16.4 Å². The molecule has 0 atom stereocenters. The maximum atomic E-state index is 5.94. The molecular formula is C20H23N5. The number of para-hydroxylation sites is 1. The molecule has 1 aromatic heterocycles. The van der Waals surface area contributed by atoms with Gasteiger partial charge in [-0.3, -0.25) is 4.99 Å². The van der Waals surface area contributed by atoms with Crippen molar-refractivity contribution in [2.45, 2.75) is 13.8 Å². The summed E-state index contributed by atoms with van der Waals surface area (Å²) >= 11 is 0. The highest BCUT2D eigenvalue weighted by Gasteiger charge is 1.99. The largest absolute Gasteiger partial charge is 0.370 e. The highest BCUT2D eigenvalue weighted by molar-refractivity contribution is 5.92. The zero-order valence-corrected chi connectivity index (χ0v) is 14.6. The quantitative estimate of drug-likeness (QED) is 0.378. The minimum Gasteiger partial charge on any atom is -0.370 e. The van der Waals surface area contributed by atoms with Crippen molar-refractivity contribution < 1.29 is 0 Å². The summed E-state index contributed by atoms with van der Waals surface area (Å²) in [7, 11) is 0. The van der Waals surface area contributed by atoms with Gasteiger partial charge in [0, 0.05) is 17.6 Å². The molecule has 0 saturated heterocycles. The number of anilines is 2. The van der Waals surface area contributed by atoms with Crippen LogP contribution in [0.5, 0.6) is 0 Å². The van der Waals surface area contributed by atoms with E-state index in [-0.39, 0.29) is 0 Å². The number of benzene rings is 2. The van der Waals surface area contributed by atoms with E-state index in [9.17, 15) is 0 Å². The van der Waals surface area contributed by atoms with Crippen molar-refractivity contribution in [3.05, 3.63) is 65.7 Å². The lowest BCUT2D eigenvalue weighted by Crippen LogP contribution is -2.23. The van der Waals surface area contributed by atoms with Crippen molar-refractivity contribution in [1.82, 2.24) is 4.98 Å². The van der Waals surface area contributed by atoms with E-state index >= 15 is 0 Å². The molecule has 0 saturated carbocycles. The second-order valence-electron chi connectivity index (χ2n) is 6.01. The van der Waals surface area contributed by atoms with Crippen molar-refractivity contribution in [3.8, 4) is 0 Å². The average Bonchev–Trinajstić information content (AvgIpc) is 2.62. The Morgan fingerprint density at radius 1 is 1.04 bits per heavy atom. The number of fused-ring (bicyclic) bond motifs is 1. The van der Waals surface area contributed by atoms with E-state index in [4.69, 9.17) is 5.73 Å². The molecule has 5 nitrogen and oxygen atoms in total. The molecule has 25 heavy (non-hydrogen) atoms. The number of pyridine rings is 1. The molecular weight excluding hydrogens is 310 g/mol. The van der Waals surface area contributed by atoms with E-state index < -0.39 is 0 Å². The van der Waals surface area contributed by atoms with Gasteiger partial charge >= 0.3 is 0 Å². The van der Waals surface area contributed by atoms with Crippen molar-refractivity contribution in [2.24, 2.45) is 10.7 Å². The Balaban J connectivity index is 1.52. The minimum absolute atomic E-state index is 0.413. The lowest BCUT2D eigenvalue weighted by molar-refractivity contribution is 1.01. The summed E-state index contributed by atoms with van der Waals surface area (Å²) in [6.07, 6.45) is 0. The molecule has 2 aromatic carbocycles. The van der Waals surface area contributed by atoms with Crippen LogP contribution in [0.2, 0.25) is 0 Å². The minimum atomic E-state index is 0.413. The zero-order valence-electron chi connectivity index (χ0n) is 14.6. The standard InChI is InChI=1S/C20H23N5/c1-14-7-9-17(13-15(14)2)24-20(21)23-12-11-22-19-10-8-16-5-3-4-6-18(16)25-19/h3-10,13H,11-12H2,1-2H3,(H,22,25)(H3,21,23,24). The fourth-order valence-electron chi connectivity index (χ4n) is 2.53. The van der Waals surface area contributed by atoms with Crippen molar-refractivity contribution >= 4 is 28.4 Å². The molecule has 5 heteroatoms. The van der Waals surface area contributed by atoms with E-state index in [0.717, 1.165) is 22.4 Å². The predicted molar refractivity (Wildman–Crippen MR) is 106 cm³/mol. The topological polar surface area (TPSA) is 75.3 Å². The number of nitrogens with zero attached hydrogens (tertiary/aromatic N) is 2. The van der Waals surface area contributed by atoms with Crippen molar-refractivity contribution in [2.75, 3.05) is 23.7 Å². The summed E-state index contributed by atoms with van der Waals surface area (Å²) in [6.45, 7) is 5.40. The van der Waals surface area contributed by atoms with Gasteiger partial charge in [-0.1, -0.05) is 24.3 Å². The number of aliphatic imine (C=N–C) groups is 1. The van der Waals surface area contributed by atoms with Crippen LogP contribution in [0.3, 0.4) is 0 Å². The average molecular weight is 333 g/mol. The number of nitrogens with two attached hydrogens (primary N) is 1. The van der Waals surface area contributed by atoms with Crippen LogP contribution in [0.25, 0.3) is 10.9 Å². The molecule has 4 N–H and O–H groups in total. The van der Waals surface area contributed by atoms with E-state index in [1.165, 1.54) is 11.1 Å². The van der Waals surface area contributed by atoms with Crippen LogP contribution in [0.4, 0.5) is 11.5 Å². The van der Waals surface area contributed by atoms with Gasteiger partial charge in [-0.25, -0.2) is 4.98 Å². The third kappa shape index (κ3) is 4.47. The number of hydrogen-bond acceptors (Lipinski definition) is 3. The molecule has 1 heterocycles. The molecule has 0 unspecified atom stereocenters. The highest BCUT2D eigenvalue weighted by Crippen LogP contribution is 2.15. The van der Waals surface area contributed by atoms with Crippen LogP contribution >= 0.6 is 0 Å². The third-order valence-corrected chi connectivity index (χ3v) is 4.08. The summed E-state index contributed by atoms with van der Waals surface area (Å²) < 4.78 is 0. The van der Waals surface area contributed by atoms with Gasteiger partial charge in [0.05, 0.1) is 12.1 Å². The zero-order chi connectivity index (χ0) is 17.6. The van der Waals surface area contributed by atoms with Gasteiger partial charge in [0.25, 0.3) is 0 Å². The lowest BCUT2D eigenvalue weighted by Gasteiger charge is -2.09. The molecule has 3 aromatic rings. The van der Waals surface area contributed by atoms with E-state index in [1.54, 1.807) is 0 Å². The van der Waals surface area contributed by atoms with Gasteiger partial charge < -0.3 is 16.4 Å². The van der Waals surface area contributed by atoms with Gasteiger partial charge in [0.1, 0.15) is 5.82 Å². The first-order valence-electron chi connectivity index (χ1n) is 8.36. The fraction of sp³-hybridized carbons (Fsp3) is 0.200. The van der Waals surface area contributed by atoms with Crippen molar-refractivity contribution in [1.29, 1.82) is 0 Å². The van der Waals surface area contributed by atoms with Gasteiger partial charge in [0.15, 0.2) is 5.96 Å². The number of nitrogens with one attached hydrogen (secondary N) is 2. The molecule has 3 rings (SSSR count). The number of guanidine groups is 1. The summed E-state index contributed by atoms with van der Waals surface area (Å²) in [5, 5.41) is 7.52. The van der Waals surface area contributed by atoms with Crippen LogP contribution in [0, 0.1) is 13.8 Å². The highest BCUT2D eigenvalue weighted by atomic mass is 15.1.